The highest BCUT2D eigenvalue weighted by molar-refractivity contribution is 5.83. The Morgan fingerprint density at radius 1 is 1.14 bits per heavy atom. The van der Waals surface area contributed by atoms with E-state index in [0.29, 0.717) is 5.92 Å². The van der Waals surface area contributed by atoms with E-state index < -0.39 is 0 Å². The van der Waals surface area contributed by atoms with Gasteiger partial charge in [-0.2, -0.15) is 5.10 Å². The van der Waals surface area contributed by atoms with E-state index in [0.717, 1.165) is 11.1 Å². The number of halogens is 1. The van der Waals surface area contributed by atoms with Gasteiger partial charge in [-0.15, -0.1) is 0 Å². The molecule has 0 saturated heterocycles. The van der Waals surface area contributed by atoms with Crippen LogP contribution in [-0.2, 0) is 11.2 Å². The summed E-state index contributed by atoms with van der Waals surface area (Å²) in [5.74, 6) is -0.0601. The van der Waals surface area contributed by atoms with Gasteiger partial charge in [0.2, 0.25) is 5.91 Å². The molecular formula is C18H19FN2O. The highest BCUT2D eigenvalue weighted by atomic mass is 19.1. The van der Waals surface area contributed by atoms with E-state index in [2.05, 4.69) is 24.4 Å². The Morgan fingerprint density at radius 2 is 1.77 bits per heavy atom. The van der Waals surface area contributed by atoms with Gasteiger partial charge in [0.25, 0.3) is 0 Å². The molecule has 0 aliphatic heterocycles. The van der Waals surface area contributed by atoms with Crippen molar-refractivity contribution >= 4 is 12.1 Å². The van der Waals surface area contributed by atoms with Gasteiger partial charge in [0.05, 0.1) is 12.6 Å². The van der Waals surface area contributed by atoms with Crippen LogP contribution in [0.4, 0.5) is 4.39 Å². The average molecular weight is 298 g/mol. The number of rotatable bonds is 5. The molecule has 0 fully saturated rings. The number of carbonyl (C=O) groups is 1. The third-order valence-corrected chi connectivity index (χ3v) is 3.28. The second-order valence-corrected chi connectivity index (χ2v) is 5.42. The Kier molecular flexibility index (Phi) is 5.42. The molecule has 0 unspecified atom stereocenters. The summed E-state index contributed by atoms with van der Waals surface area (Å²) < 4.78 is 12.8. The number of benzene rings is 2. The minimum Gasteiger partial charge on any atom is -0.273 e. The van der Waals surface area contributed by atoms with Gasteiger partial charge >= 0.3 is 0 Å². The zero-order valence-electron chi connectivity index (χ0n) is 12.7. The van der Waals surface area contributed by atoms with Crippen molar-refractivity contribution in [3.8, 4) is 0 Å². The fourth-order valence-electron chi connectivity index (χ4n) is 1.97. The van der Waals surface area contributed by atoms with Crippen molar-refractivity contribution in [3.05, 3.63) is 71.0 Å². The first kappa shape index (κ1) is 15.9. The number of nitrogens with zero attached hydrogens (tertiary/aromatic N) is 1. The van der Waals surface area contributed by atoms with Crippen molar-refractivity contribution in [2.75, 3.05) is 0 Å². The molecule has 0 spiro atoms. The minimum atomic E-state index is -0.313. The minimum absolute atomic E-state index is 0.171. The number of carbonyl (C=O) groups excluding carboxylic acids is 1. The Bertz CT molecular complexity index is 646. The number of hydrogen-bond acceptors (Lipinski definition) is 2. The van der Waals surface area contributed by atoms with Crippen LogP contribution in [0, 0.1) is 5.82 Å². The van der Waals surface area contributed by atoms with Crippen LogP contribution in [0.3, 0.4) is 0 Å². The van der Waals surface area contributed by atoms with Crippen molar-refractivity contribution in [1.82, 2.24) is 5.43 Å². The van der Waals surface area contributed by atoms with Crippen LogP contribution in [0.1, 0.15) is 36.5 Å². The fourth-order valence-corrected chi connectivity index (χ4v) is 1.97. The second kappa shape index (κ2) is 7.50. The predicted octanol–water partition coefficient (Wildman–Crippen LogP) is 3.64. The summed E-state index contributed by atoms with van der Waals surface area (Å²) >= 11 is 0. The summed E-state index contributed by atoms with van der Waals surface area (Å²) in [5, 5.41) is 3.93. The van der Waals surface area contributed by atoms with Gasteiger partial charge < -0.3 is 0 Å². The molecule has 0 heterocycles. The maximum atomic E-state index is 12.8. The molecule has 0 bridgehead atoms. The van der Waals surface area contributed by atoms with Gasteiger partial charge in [-0.3, -0.25) is 4.79 Å². The second-order valence-electron chi connectivity index (χ2n) is 5.42. The molecule has 2 rings (SSSR count). The summed E-state index contributed by atoms with van der Waals surface area (Å²) in [5.41, 5.74) is 5.40. The smallest absolute Gasteiger partial charge is 0.244 e. The average Bonchev–Trinajstić information content (AvgIpc) is 2.50. The number of amides is 1. The van der Waals surface area contributed by atoms with Crippen molar-refractivity contribution < 1.29 is 9.18 Å². The number of nitrogens with one attached hydrogen (secondary N) is 1. The van der Waals surface area contributed by atoms with Gasteiger partial charge in [-0.25, -0.2) is 9.82 Å². The molecule has 2 aromatic carbocycles. The zero-order chi connectivity index (χ0) is 15.9. The Balaban J connectivity index is 1.86. The molecule has 114 valence electrons. The van der Waals surface area contributed by atoms with Crippen LogP contribution in [0.15, 0.2) is 53.6 Å². The first-order chi connectivity index (χ1) is 10.5. The van der Waals surface area contributed by atoms with Crippen molar-refractivity contribution in [2.45, 2.75) is 26.2 Å². The zero-order valence-corrected chi connectivity index (χ0v) is 12.7. The predicted molar refractivity (Wildman–Crippen MR) is 86.4 cm³/mol. The van der Waals surface area contributed by atoms with Crippen LogP contribution in [0.2, 0.25) is 0 Å². The topological polar surface area (TPSA) is 41.5 Å². The first-order valence-corrected chi connectivity index (χ1v) is 7.21. The largest absolute Gasteiger partial charge is 0.273 e. The Hall–Kier alpha value is -2.49. The maximum Gasteiger partial charge on any atom is 0.244 e. The van der Waals surface area contributed by atoms with Crippen molar-refractivity contribution in [1.29, 1.82) is 0 Å². The summed E-state index contributed by atoms with van der Waals surface area (Å²) in [4.78, 5) is 11.7. The molecule has 4 heteroatoms. The molecule has 0 atom stereocenters. The van der Waals surface area contributed by atoms with E-state index in [1.807, 2.05) is 24.3 Å². The molecule has 2 aromatic rings. The van der Waals surface area contributed by atoms with E-state index in [9.17, 15) is 9.18 Å². The molecule has 3 nitrogen and oxygen atoms in total. The van der Waals surface area contributed by atoms with E-state index in [-0.39, 0.29) is 18.1 Å². The van der Waals surface area contributed by atoms with Gasteiger partial charge in [0.15, 0.2) is 0 Å². The maximum absolute atomic E-state index is 12.8. The van der Waals surface area contributed by atoms with Gasteiger partial charge in [-0.1, -0.05) is 50.2 Å². The molecule has 22 heavy (non-hydrogen) atoms. The monoisotopic (exact) mass is 298 g/mol. The molecular weight excluding hydrogens is 279 g/mol. The molecule has 1 amide bonds. The van der Waals surface area contributed by atoms with E-state index in [1.165, 1.54) is 17.7 Å². The third kappa shape index (κ3) is 4.81. The highest BCUT2D eigenvalue weighted by Gasteiger charge is 2.02. The Labute approximate surface area is 129 Å². The van der Waals surface area contributed by atoms with Crippen LogP contribution in [0.5, 0.6) is 0 Å². The summed E-state index contributed by atoms with van der Waals surface area (Å²) in [6.45, 7) is 4.28. The first-order valence-electron chi connectivity index (χ1n) is 7.21. The third-order valence-electron chi connectivity index (χ3n) is 3.28. The fraction of sp³-hybridized carbons (Fsp3) is 0.222. The number of hydrazone groups is 1. The highest BCUT2D eigenvalue weighted by Crippen LogP contribution is 2.13. The quantitative estimate of drug-likeness (QED) is 0.664. The lowest BCUT2D eigenvalue weighted by Crippen LogP contribution is -2.19. The van der Waals surface area contributed by atoms with Gasteiger partial charge in [-0.05, 0) is 34.7 Å². The summed E-state index contributed by atoms with van der Waals surface area (Å²) in [6, 6.07) is 13.9. The molecule has 0 aliphatic carbocycles. The summed E-state index contributed by atoms with van der Waals surface area (Å²) in [6.07, 6.45) is 1.77. The molecule has 0 aromatic heterocycles. The van der Waals surface area contributed by atoms with Crippen molar-refractivity contribution in [3.63, 3.8) is 0 Å². The number of hydrogen-bond donors (Lipinski definition) is 1. The standard InChI is InChI=1S/C18H19FN2O/c1-13(2)16-7-3-15(4-8-16)12-20-21-18(22)11-14-5-9-17(19)10-6-14/h3-10,12-13H,11H2,1-2H3,(H,21,22)/b20-12-. The van der Waals surface area contributed by atoms with Crippen LogP contribution < -0.4 is 5.43 Å². The Morgan fingerprint density at radius 3 is 2.36 bits per heavy atom. The van der Waals surface area contributed by atoms with E-state index in [1.54, 1.807) is 18.3 Å². The lowest BCUT2D eigenvalue weighted by molar-refractivity contribution is -0.120. The molecule has 0 aliphatic rings. The van der Waals surface area contributed by atoms with Gasteiger partial charge in [0.1, 0.15) is 5.82 Å². The molecule has 0 radical (unpaired) electrons. The molecule has 1 N–H and O–H groups in total. The van der Waals surface area contributed by atoms with Crippen molar-refractivity contribution in [2.24, 2.45) is 5.10 Å². The normalized spacial score (nSPS) is 11.1. The molecule has 0 saturated carbocycles. The van der Waals surface area contributed by atoms with Crippen LogP contribution in [-0.4, -0.2) is 12.1 Å². The van der Waals surface area contributed by atoms with Crippen LogP contribution in [0.25, 0.3) is 0 Å². The van der Waals surface area contributed by atoms with Crippen LogP contribution >= 0.6 is 0 Å². The SMILES string of the molecule is CC(C)c1ccc(/C=N\NC(=O)Cc2ccc(F)cc2)cc1. The van der Waals surface area contributed by atoms with Gasteiger partial charge in [0, 0.05) is 0 Å². The summed E-state index contributed by atoms with van der Waals surface area (Å²) in [7, 11) is 0. The lowest BCUT2D eigenvalue weighted by Gasteiger charge is -2.04. The van der Waals surface area contributed by atoms with E-state index >= 15 is 0 Å². The lowest BCUT2D eigenvalue weighted by atomic mass is 10.0. The van der Waals surface area contributed by atoms with E-state index in [4.69, 9.17) is 0 Å².